The number of hydrogen-bond donors (Lipinski definition) is 1. The molecule has 1 aromatic heterocycles. The number of aliphatic hydroxyl groups is 1. The van der Waals surface area contributed by atoms with Crippen molar-refractivity contribution >= 4 is 0 Å². The highest BCUT2D eigenvalue weighted by molar-refractivity contribution is 5.94. The highest BCUT2D eigenvalue weighted by Crippen LogP contribution is 2.45. The van der Waals surface area contributed by atoms with E-state index in [0.29, 0.717) is 0 Å². The summed E-state index contributed by atoms with van der Waals surface area (Å²) in [6, 6.07) is 31.9. The molecule has 2 heteroatoms. The molecule has 1 saturated carbocycles. The Kier molecular flexibility index (Phi) is 4.79. The lowest BCUT2D eigenvalue weighted by atomic mass is 9.94. The third-order valence-corrected chi connectivity index (χ3v) is 6.03. The third-order valence-electron chi connectivity index (χ3n) is 6.03. The van der Waals surface area contributed by atoms with Crippen molar-refractivity contribution in [1.82, 2.24) is 4.57 Å². The molecule has 0 saturated heterocycles. The van der Waals surface area contributed by atoms with Gasteiger partial charge in [-0.1, -0.05) is 91.0 Å². The van der Waals surface area contributed by atoms with Crippen molar-refractivity contribution in [2.24, 2.45) is 0 Å². The van der Waals surface area contributed by atoms with Gasteiger partial charge in [0.2, 0.25) is 0 Å². The maximum Gasteiger partial charge on any atom is 0.0747 e. The Hall–Kier alpha value is -3.10. The highest BCUT2D eigenvalue weighted by atomic mass is 16.3. The molecule has 0 spiro atoms. The van der Waals surface area contributed by atoms with E-state index in [1.165, 1.54) is 33.5 Å². The van der Waals surface area contributed by atoms with Gasteiger partial charge < -0.3 is 9.67 Å². The zero-order valence-electron chi connectivity index (χ0n) is 16.4. The Labute approximate surface area is 172 Å². The zero-order valence-corrected chi connectivity index (χ0v) is 16.4. The van der Waals surface area contributed by atoms with Crippen molar-refractivity contribution in [2.75, 3.05) is 0 Å². The number of rotatable bonds is 4. The molecule has 2 atom stereocenters. The van der Waals surface area contributed by atoms with E-state index < -0.39 is 0 Å². The van der Waals surface area contributed by atoms with Crippen LogP contribution < -0.4 is 0 Å². The van der Waals surface area contributed by atoms with Crippen LogP contribution in [-0.4, -0.2) is 15.8 Å². The van der Waals surface area contributed by atoms with Crippen LogP contribution >= 0.6 is 0 Å². The summed E-state index contributed by atoms with van der Waals surface area (Å²) in [5, 5.41) is 10.7. The maximum atomic E-state index is 10.7. The number of aromatic nitrogens is 1. The molecule has 4 aromatic rings. The van der Waals surface area contributed by atoms with E-state index in [0.717, 1.165) is 19.3 Å². The quantitative estimate of drug-likeness (QED) is 0.426. The zero-order chi connectivity index (χ0) is 19.6. The summed E-state index contributed by atoms with van der Waals surface area (Å²) in [6.45, 7) is 0. The van der Waals surface area contributed by atoms with Crippen molar-refractivity contribution in [3.05, 3.63) is 97.2 Å². The summed E-state index contributed by atoms with van der Waals surface area (Å²) < 4.78 is 2.34. The Bertz CT molecular complexity index is 1080. The Balaban J connectivity index is 1.83. The molecule has 1 aliphatic rings. The van der Waals surface area contributed by atoms with Gasteiger partial charge in [0.1, 0.15) is 0 Å². The molecule has 144 valence electrons. The fourth-order valence-corrected chi connectivity index (χ4v) is 4.65. The van der Waals surface area contributed by atoms with E-state index in [4.69, 9.17) is 0 Å². The van der Waals surface area contributed by atoms with Crippen molar-refractivity contribution in [2.45, 2.75) is 31.4 Å². The van der Waals surface area contributed by atoms with E-state index in [1.807, 2.05) is 0 Å². The molecule has 1 N–H and O–H groups in total. The summed E-state index contributed by atoms with van der Waals surface area (Å²) in [7, 11) is 0. The van der Waals surface area contributed by atoms with Crippen molar-refractivity contribution in [1.29, 1.82) is 0 Å². The summed E-state index contributed by atoms with van der Waals surface area (Å²) in [5.74, 6) is 0. The van der Waals surface area contributed by atoms with Gasteiger partial charge in [-0.05, 0) is 36.0 Å². The predicted octanol–water partition coefficient (Wildman–Crippen LogP) is 6.58. The summed E-state index contributed by atoms with van der Waals surface area (Å²) in [6.07, 6.45) is 4.92. The smallest absolute Gasteiger partial charge is 0.0747 e. The molecule has 0 unspecified atom stereocenters. The van der Waals surface area contributed by atoms with Crippen LogP contribution in [0.2, 0.25) is 0 Å². The second-order valence-electron chi connectivity index (χ2n) is 7.84. The van der Waals surface area contributed by atoms with E-state index in [9.17, 15) is 5.11 Å². The first kappa shape index (κ1) is 18.0. The second kappa shape index (κ2) is 7.73. The highest BCUT2D eigenvalue weighted by Gasteiger charge is 2.31. The lowest BCUT2D eigenvalue weighted by molar-refractivity contribution is 0.137. The molecule has 3 aromatic carbocycles. The van der Waals surface area contributed by atoms with Gasteiger partial charge in [0.05, 0.1) is 17.8 Å². The van der Waals surface area contributed by atoms with Crippen molar-refractivity contribution in [3.63, 3.8) is 0 Å². The first-order valence-electron chi connectivity index (χ1n) is 10.4. The molecule has 0 amide bonds. The van der Waals surface area contributed by atoms with E-state index in [2.05, 4.69) is 102 Å². The van der Waals surface area contributed by atoms with E-state index in [-0.39, 0.29) is 12.1 Å². The molecule has 0 bridgehead atoms. The van der Waals surface area contributed by atoms with Gasteiger partial charge in [-0.15, -0.1) is 0 Å². The number of benzene rings is 3. The summed E-state index contributed by atoms with van der Waals surface area (Å²) in [4.78, 5) is 0. The first-order valence-corrected chi connectivity index (χ1v) is 10.4. The van der Waals surface area contributed by atoms with Gasteiger partial charge >= 0.3 is 0 Å². The molecular weight excluding hydrogens is 354 g/mol. The maximum absolute atomic E-state index is 10.7. The van der Waals surface area contributed by atoms with Crippen LogP contribution in [0.3, 0.4) is 0 Å². The van der Waals surface area contributed by atoms with Gasteiger partial charge in [-0.25, -0.2) is 0 Å². The van der Waals surface area contributed by atoms with Crippen LogP contribution in [0.1, 0.15) is 25.3 Å². The SMILES string of the molecule is O[C@H]1CCC[C@H]1n1cc(-c2ccccc2)c(-c2ccccc2)c1-c1ccccc1. The number of aliphatic hydroxyl groups excluding tert-OH is 1. The monoisotopic (exact) mass is 379 g/mol. The van der Waals surface area contributed by atoms with Crippen LogP contribution in [0.15, 0.2) is 97.2 Å². The minimum atomic E-state index is -0.294. The molecule has 2 nitrogen and oxygen atoms in total. The van der Waals surface area contributed by atoms with Crippen LogP contribution in [0.25, 0.3) is 33.5 Å². The van der Waals surface area contributed by atoms with E-state index in [1.54, 1.807) is 0 Å². The van der Waals surface area contributed by atoms with Crippen LogP contribution in [0, 0.1) is 0 Å². The molecule has 1 heterocycles. The van der Waals surface area contributed by atoms with E-state index >= 15 is 0 Å². The van der Waals surface area contributed by atoms with Crippen molar-refractivity contribution in [3.8, 4) is 33.5 Å². The van der Waals surface area contributed by atoms with Gasteiger partial charge in [-0.3, -0.25) is 0 Å². The molecule has 1 fully saturated rings. The standard InChI is InChI=1S/C27H25NO/c29-25-18-10-17-24(25)28-19-23(20-11-4-1-5-12-20)26(21-13-6-2-7-14-21)27(28)22-15-8-3-9-16-22/h1-9,11-16,19,24-25,29H,10,17-18H2/t24-,25+/m1/s1. The third kappa shape index (κ3) is 3.30. The van der Waals surface area contributed by atoms with Crippen LogP contribution in [-0.2, 0) is 0 Å². The average molecular weight is 380 g/mol. The molecule has 5 rings (SSSR count). The average Bonchev–Trinajstić information content (AvgIpc) is 3.39. The van der Waals surface area contributed by atoms with Gasteiger partial charge in [0.15, 0.2) is 0 Å². The molecule has 0 aliphatic heterocycles. The topological polar surface area (TPSA) is 25.2 Å². The minimum absolute atomic E-state index is 0.116. The second-order valence-corrected chi connectivity index (χ2v) is 7.84. The van der Waals surface area contributed by atoms with Gasteiger partial charge in [0, 0.05) is 17.3 Å². The molecule has 1 aliphatic carbocycles. The lowest BCUT2D eigenvalue weighted by Crippen LogP contribution is -2.18. The molecule has 0 radical (unpaired) electrons. The van der Waals surface area contributed by atoms with Gasteiger partial charge in [-0.2, -0.15) is 0 Å². The van der Waals surface area contributed by atoms with Crippen molar-refractivity contribution < 1.29 is 5.11 Å². The lowest BCUT2D eigenvalue weighted by Gasteiger charge is -2.21. The molecular formula is C27H25NO. The summed E-state index contributed by atoms with van der Waals surface area (Å²) in [5.41, 5.74) is 7.25. The Morgan fingerprint density at radius 2 is 1.21 bits per heavy atom. The minimum Gasteiger partial charge on any atom is -0.391 e. The Morgan fingerprint density at radius 1 is 0.655 bits per heavy atom. The number of nitrogens with zero attached hydrogens (tertiary/aromatic N) is 1. The number of hydrogen-bond acceptors (Lipinski definition) is 1. The summed E-state index contributed by atoms with van der Waals surface area (Å²) >= 11 is 0. The fraction of sp³-hybridized carbons (Fsp3) is 0.185. The molecule has 29 heavy (non-hydrogen) atoms. The van der Waals surface area contributed by atoms with Crippen LogP contribution in [0.5, 0.6) is 0 Å². The van der Waals surface area contributed by atoms with Gasteiger partial charge in [0.25, 0.3) is 0 Å². The largest absolute Gasteiger partial charge is 0.391 e. The normalized spacial score (nSPS) is 18.8. The fourth-order valence-electron chi connectivity index (χ4n) is 4.65. The van der Waals surface area contributed by atoms with Crippen LogP contribution in [0.4, 0.5) is 0 Å². The first-order chi connectivity index (χ1) is 14.3. The Morgan fingerprint density at radius 3 is 1.76 bits per heavy atom. The predicted molar refractivity (Wildman–Crippen MR) is 120 cm³/mol.